The maximum Gasteiger partial charge on any atom is 0.302 e. The summed E-state index contributed by atoms with van der Waals surface area (Å²) >= 11 is 12.0. The van der Waals surface area contributed by atoms with E-state index in [1.807, 2.05) is 4.90 Å². The van der Waals surface area contributed by atoms with E-state index in [0.29, 0.717) is 25.2 Å². The number of nitro groups is 1. The van der Waals surface area contributed by atoms with E-state index >= 15 is 0 Å². The van der Waals surface area contributed by atoms with Gasteiger partial charge in [0, 0.05) is 31.3 Å². The third kappa shape index (κ3) is 6.69. The number of ether oxygens (including phenoxy) is 1. The maximum absolute atomic E-state index is 10.9. The molecule has 0 aliphatic carbocycles. The molecule has 0 aliphatic heterocycles. The lowest BCUT2D eigenvalue weighted by Gasteiger charge is -2.23. The van der Waals surface area contributed by atoms with Crippen molar-refractivity contribution in [1.29, 1.82) is 5.26 Å². The van der Waals surface area contributed by atoms with Gasteiger partial charge < -0.3 is 9.64 Å². The molecule has 30 heavy (non-hydrogen) atoms. The predicted molar refractivity (Wildman–Crippen MR) is 113 cm³/mol. The van der Waals surface area contributed by atoms with Crippen molar-refractivity contribution in [2.24, 2.45) is 10.2 Å². The molecule has 0 saturated carbocycles. The van der Waals surface area contributed by atoms with Gasteiger partial charge in [0.25, 0.3) is 5.69 Å². The third-order valence-corrected chi connectivity index (χ3v) is 4.43. The van der Waals surface area contributed by atoms with Gasteiger partial charge in [0.05, 0.1) is 39.7 Å². The summed E-state index contributed by atoms with van der Waals surface area (Å²) in [5, 5.41) is 27.8. The van der Waals surface area contributed by atoms with Gasteiger partial charge in [-0.2, -0.15) is 10.4 Å². The van der Waals surface area contributed by atoms with Crippen LogP contribution in [0, 0.1) is 21.4 Å². The minimum Gasteiger partial charge on any atom is -0.464 e. The Kier molecular flexibility index (Phi) is 8.53. The van der Waals surface area contributed by atoms with Crippen LogP contribution in [0.5, 0.6) is 0 Å². The van der Waals surface area contributed by atoms with Gasteiger partial charge in [0.2, 0.25) is 0 Å². The second-order valence-corrected chi connectivity index (χ2v) is 6.78. The lowest BCUT2D eigenvalue weighted by atomic mass is 10.2. The summed E-state index contributed by atoms with van der Waals surface area (Å²) in [7, 11) is 0. The maximum atomic E-state index is 10.9. The topological polar surface area (TPSA) is 121 Å². The van der Waals surface area contributed by atoms with Crippen LogP contribution in [0.3, 0.4) is 0 Å². The fraction of sp³-hybridized carbons (Fsp3) is 0.263. The predicted octanol–water partition coefficient (Wildman–Crippen LogP) is 5.60. The number of rotatable bonds is 9. The van der Waals surface area contributed by atoms with Gasteiger partial charge in [-0.1, -0.05) is 23.2 Å². The summed E-state index contributed by atoms with van der Waals surface area (Å²) in [6, 6.07) is 11.4. The van der Waals surface area contributed by atoms with Crippen molar-refractivity contribution in [2.75, 3.05) is 24.6 Å². The van der Waals surface area contributed by atoms with Gasteiger partial charge in [-0.3, -0.25) is 14.9 Å². The standard InChI is InChI=1S/C19H17Cl2N5O4/c1-13(27)30-10-9-25(8-2-7-22)15-5-3-14(4-6-15)23-24-19-17(20)11-16(26(28)29)12-18(19)21/h3-6,11-12H,2,8-10H2,1H3/b24-23+. The number of halogens is 2. The fourth-order valence-corrected chi connectivity index (χ4v) is 3.00. The molecule has 0 spiro atoms. The number of nitrogens with zero attached hydrogens (tertiary/aromatic N) is 5. The van der Waals surface area contributed by atoms with E-state index in [9.17, 15) is 14.9 Å². The summed E-state index contributed by atoms with van der Waals surface area (Å²) in [5.41, 5.74) is 1.22. The molecule has 0 radical (unpaired) electrons. The normalized spacial score (nSPS) is 10.6. The van der Waals surface area contributed by atoms with Crippen LogP contribution in [0.4, 0.5) is 22.7 Å². The van der Waals surface area contributed by atoms with E-state index < -0.39 is 4.92 Å². The summed E-state index contributed by atoms with van der Waals surface area (Å²) < 4.78 is 4.97. The van der Waals surface area contributed by atoms with Gasteiger partial charge in [-0.05, 0) is 24.3 Å². The Morgan fingerprint density at radius 1 is 1.20 bits per heavy atom. The molecular formula is C19H17Cl2N5O4. The van der Waals surface area contributed by atoms with Gasteiger partial charge >= 0.3 is 5.97 Å². The van der Waals surface area contributed by atoms with Crippen molar-refractivity contribution in [1.82, 2.24) is 0 Å². The van der Waals surface area contributed by atoms with Crippen molar-refractivity contribution in [3.05, 3.63) is 56.6 Å². The van der Waals surface area contributed by atoms with Crippen molar-refractivity contribution in [3.63, 3.8) is 0 Å². The van der Waals surface area contributed by atoms with Crippen LogP contribution < -0.4 is 4.90 Å². The molecule has 0 N–H and O–H groups in total. The fourth-order valence-electron chi connectivity index (χ4n) is 2.45. The number of azo groups is 1. The third-order valence-electron chi connectivity index (χ3n) is 3.85. The van der Waals surface area contributed by atoms with Crippen LogP contribution in [-0.2, 0) is 9.53 Å². The Hall–Kier alpha value is -3.22. The van der Waals surface area contributed by atoms with Gasteiger partial charge in [-0.25, -0.2) is 0 Å². The molecule has 0 bridgehead atoms. The van der Waals surface area contributed by atoms with Crippen LogP contribution in [0.2, 0.25) is 10.0 Å². The molecule has 2 rings (SSSR count). The molecule has 11 heteroatoms. The number of anilines is 1. The van der Waals surface area contributed by atoms with Crippen molar-refractivity contribution < 1.29 is 14.5 Å². The molecule has 0 atom stereocenters. The van der Waals surface area contributed by atoms with Crippen molar-refractivity contribution in [2.45, 2.75) is 13.3 Å². The van der Waals surface area contributed by atoms with E-state index in [1.54, 1.807) is 24.3 Å². The number of benzene rings is 2. The van der Waals surface area contributed by atoms with Crippen LogP contribution in [0.15, 0.2) is 46.6 Å². The monoisotopic (exact) mass is 449 g/mol. The van der Waals surface area contributed by atoms with E-state index in [0.717, 1.165) is 17.8 Å². The Bertz CT molecular complexity index is 966. The second kappa shape index (κ2) is 11.1. The zero-order valence-corrected chi connectivity index (χ0v) is 17.4. The molecule has 0 aliphatic rings. The average molecular weight is 450 g/mol. The second-order valence-electron chi connectivity index (χ2n) is 5.97. The molecule has 2 aromatic rings. The van der Waals surface area contributed by atoms with Crippen molar-refractivity contribution >= 4 is 51.9 Å². The van der Waals surface area contributed by atoms with Gasteiger partial charge in [-0.15, -0.1) is 5.11 Å². The molecule has 156 valence electrons. The molecule has 0 heterocycles. The Labute approximate surface area is 182 Å². The van der Waals surface area contributed by atoms with E-state index in [1.165, 1.54) is 6.92 Å². The number of hydrogen-bond donors (Lipinski definition) is 0. The average Bonchev–Trinajstić information content (AvgIpc) is 2.70. The smallest absolute Gasteiger partial charge is 0.302 e. The minimum absolute atomic E-state index is 0.0164. The highest BCUT2D eigenvalue weighted by Crippen LogP contribution is 2.37. The van der Waals surface area contributed by atoms with Crippen molar-refractivity contribution in [3.8, 4) is 6.07 Å². The molecule has 0 amide bonds. The molecule has 0 aromatic heterocycles. The van der Waals surface area contributed by atoms with E-state index in [4.69, 9.17) is 33.2 Å². The zero-order valence-electron chi connectivity index (χ0n) is 15.9. The summed E-state index contributed by atoms with van der Waals surface area (Å²) in [4.78, 5) is 23.1. The van der Waals surface area contributed by atoms with E-state index in [2.05, 4.69) is 16.3 Å². The van der Waals surface area contributed by atoms with Gasteiger partial charge in [0.15, 0.2) is 0 Å². The highest BCUT2D eigenvalue weighted by atomic mass is 35.5. The Morgan fingerprint density at radius 3 is 2.37 bits per heavy atom. The number of hydrogen-bond acceptors (Lipinski definition) is 8. The number of esters is 1. The SMILES string of the molecule is CC(=O)OCCN(CCC#N)c1ccc(/N=N/c2c(Cl)cc([N+](=O)[O-])cc2Cl)cc1. The first-order valence-electron chi connectivity index (χ1n) is 8.72. The van der Waals surface area contributed by atoms with E-state index in [-0.39, 0.29) is 34.0 Å². The number of carbonyl (C=O) groups excluding carboxylic acids is 1. The number of nitriles is 1. The largest absolute Gasteiger partial charge is 0.464 e. The highest BCUT2D eigenvalue weighted by Gasteiger charge is 2.14. The minimum atomic E-state index is -0.600. The summed E-state index contributed by atoms with van der Waals surface area (Å²) in [5.74, 6) is -0.366. The Morgan fingerprint density at radius 2 is 1.83 bits per heavy atom. The zero-order chi connectivity index (χ0) is 22.1. The lowest BCUT2D eigenvalue weighted by molar-refractivity contribution is -0.384. The van der Waals surface area contributed by atoms with Crippen LogP contribution in [0.1, 0.15) is 13.3 Å². The summed E-state index contributed by atoms with van der Waals surface area (Å²) in [6.45, 7) is 2.46. The molecule has 0 saturated heterocycles. The summed E-state index contributed by atoms with van der Waals surface area (Å²) in [6.07, 6.45) is 0.318. The molecule has 0 unspecified atom stereocenters. The first-order chi connectivity index (χ1) is 14.3. The first kappa shape index (κ1) is 23.1. The molecule has 2 aromatic carbocycles. The van der Waals surface area contributed by atoms with Crippen LogP contribution >= 0.6 is 23.2 Å². The molecule has 0 fully saturated rings. The van der Waals surface area contributed by atoms with Crippen LogP contribution in [0.25, 0.3) is 0 Å². The van der Waals surface area contributed by atoms with Crippen LogP contribution in [-0.4, -0.2) is 30.6 Å². The quantitative estimate of drug-likeness (QED) is 0.212. The number of nitro benzene ring substituents is 1. The van der Waals surface area contributed by atoms with Gasteiger partial charge in [0.1, 0.15) is 12.3 Å². The number of non-ortho nitro benzene ring substituents is 1. The highest BCUT2D eigenvalue weighted by molar-refractivity contribution is 6.39. The first-order valence-corrected chi connectivity index (χ1v) is 9.48. The Balaban J connectivity index is 2.15. The molecular weight excluding hydrogens is 433 g/mol. The molecule has 9 nitrogen and oxygen atoms in total. The lowest BCUT2D eigenvalue weighted by Crippen LogP contribution is -2.28. The number of carbonyl (C=O) groups is 1.